The van der Waals surface area contributed by atoms with E-state index >= 15 is 0 Å². The van der Waals surface area contributed by atoms with Crippen molar-refractivity contribution in [3.63, 3.8) is 0 Å². The summed E-state index contributed by atoms with van der Waals surface area (Å²) >= 11 is 0. The standard InChI is InChI=1S/C56H69N11O10/c1-34(68)49-56(77)66-42(28-35-16-5-2-6-17-35)50(71)59-27-15-25-48(70)61-46(32-47(58)69)55(76)64-43(29-36-18-7-3-8-19-36)52(73)63-44(30-37-20-9-4-10-21-37)53(74)65-45(31-38-33-60-40-23-12-11-22-39(38)40)54(75)62-41(51(72)67-49)24-13-14-26-57/h2-12,16-23,33-34,41-46,49,60,68H,13-15,24-32,57H2,1H3,(H2,58,69)(H,59,71)(H,61,70)(H,62,75)(H,63,73)(H,64,76)(H,65,74)(H,66,77)(H,67,72)/t34-,41?,42?,43?,44+,45?,46+,49+/m1/s1. The van der Waals surface area contributed by atoms with E-state index in [1.54, 1.807) is 97.2 Å². The van der Waals surface area contributed by atoms with Gasteiger partial charge in [0.25, 0.3) is 0 Å². The van der Waals surface area contributed by atoms with E-state index in [4.69, 9.17) is 11.5 Å². The van der Waals surface area contributed by atoms with Gasteiger partial charge in [-0.05, 0) is 67.5 Å². The van der Waals surface area contributed by atoms with Gasteiger partial charge in [-0.2, -0.15) is 0 Å². The zero-order chi connectivity index (χ0) is 55.3. The van der Waals surface area contributed by atoms with Crippen molar-refractivity contribution >= 4 is 64.1 Å². The van der Waals surface area contributed by atoms with Crippen LogP contribution in [0.25, 0.3) is 10.9 Å². The molecule has 0 radical (unpaired) electrons. The third kappa shape index (κ3) is 17.9. The van der Waals surface area contributed by atoms with Gasteiger partial charge in [0.1, 0.15) is 42.3 Å². The van der Waals surface area contributed by atoms with E-state index in [1.165, 1.54) is 6.92 Å². The smallest absolute Gasteiger partial charge is 0.245 e. The highest BCUT2D eigenvalue weighted by molar-refractivity contribution is 5.99. The van der Waals surface area contributed by atoms with E-state index in [1.807, 2.05) is 24.3 Å². The molecule has 0 aliphatic carbocycles. The zero-order valence-corrected chi connectivity index (χ0v) is 42.9. The Hall–Kier alpha value is -8.43. The molecule has 4 unspecified atom stereocenters. The molecule has 21 nitrogen and oxygen atoms in total. The van der Waals surface area contributed by atoms with E-state index in [0.717, 1.165) is 10.9 Å². The second kappa shape index (κ2) is 29.0. The van der Waals surface area contributed by atoms with Crippen LogP contribution >= 0.6 is 0 Å². The molecule has 1 saturated heterocycles. The van der Waals surface area contributed by atoms with Crippen LogP contribution in [0.1, 0.15) is 67.7 Å². The first kappa shape index (κ1) is 57.8. The molecule has 14 N–H and O–H groups in total. The lowest BCUT2D eigenvalue weighted by Crippen LogP contribution is -2.62. The number of H-pyrrole nitrogens is 1. The van der Waals surface area contributed by atoms with Gasteiger partial charge in [-0.15, -0.1) is 0 Å². The summed E-state index contributed by atoms with van der Waals surface area (Å²) in [5.74, 6) is -7.42. The van der Waals surface area contributed by atoms with Crippen LogP contribution in [0.5, 0.6) is 0 Å². The highest BCUT2D eigenvalue weighted by atomic mass is 16.3. The SMILES string of the molecule is C[C@@H](O)[C@@H]1NC(=O)C(CCCCN)NC(=O)C(Cc2c[nH]c3ccccc23)NC(=O)[C@H](Cc2ccccc2)NC(=O)C(Cc2ccccc2)NC(=O)[C@H](CC(N)=O)NC(=O)CCCNC(=O)C(Cc2ccccc2)NC1=O. The van der Waals surface area contributed by atoms with Gasteiger partial charge in [-0.1, -0.05) is 109 Å². The topological polar surface area (TPSA) is 338 Å². The third-order valence-corrected chi connectivity index (χ3v) is 13.1. The number of para-hydroxylation sites is 1. The fraction of sp³-hybridized carbons (Fsp3) is 0.375. The Balaban J connectivity index is 1.40. The Morgan fingerprint density at radius 3 is 1.52 bits per heavy atom. The Morgan fingerprint density at radius 2 is 1.00 bits per heavy atom. The maximum atomic E-state index is 14.9. The summed E-state index contributed by atoms with van der Waals surface area (Å²) < 4.78 is 0. The van der Waals surface area contributed by atoms with Crippen LogP contribution in [0, 0.1) is 0 Å². The van der Waals surface area contributed by atoms with Crippen LogP contribution in [0.3, 0.4) is 0 Å². The van der Waals surface area contributed by atoms with Crippen molar-refractivity contribution in [3.8, 4) is 0 Å². The largest absolute Gasteiger partial charge is 0.391 e. The molecule has 77 heavy (non-hydrogen) atoms. The van der Waals surface area contributed by atoms with Crippen LogP contribution in [0.15, 0.2) is 121 Å². The van der Waals surface area contributed by atoms with Crippen molar-refractivity contribution in [3.05, 3.63) is 144 Å². The number of amides is 9. The predicted octanol–water partition coefficient (Wildman–Crippen LogP) is 0.127. The highest BCUT2D eigenvalue weighted by Crippen LogP contribution is 2.20. The van der Waals surface area contributed by atoms with E-state index < -0.39 is 108 Å². The summed E-state index contributed by atoms with van der Waals surface area (Å²) in [6, 6.07) is 23.5. The molecule has 1 aliphatic rings. The number of nitrogens with two attached hydrogens (primary N) is 2. The van der Waals surface area contributed by atoms with Gasteiger partial charge in [0, 0.05) is 55.7 Å². The van der Waals surface area contributed by atoms with E-state index in [0.29, 0.717) is 35.1 Å². The van der Waals surface area contributed by atoms with Crippen molar-refractivity contribution < 1.29 is 48.3 Å². The number of benzene rings is 4. The van der Waals surface area contributed by atoms with Crippen LogP contribution in [0.2, 0.25) is 0 Å². The number of nitrogens with one attached hydrogen (secondary N) is 9. The number of carbonyl (C=O) groups is 9. The summed E-state index contributed by atoms with van der Waals surface area (Å²) in [7, 11) is 0. The molecule has 0 bridgehead atoms. The number of aliphatic hydroxyl groups excluding tert-OH is 1. The van der Waals surface area contributed by atoms with Gasteiger partial charge in [0.15, 0.2) is 0 Å². The number of unbranched alkanes of at least 4 members (excludes halogenated alkanes) is 1. The molecular formula is C56H69N11O10. The van der Waals surface area contributed by atoms with Gasteiger partial charge in [0.2, 0.25) is 53.2 Å². The van der Waals surface area contributed by atoms with E-state index in [2.05, 4.69) is 47.5 Å². The molecule has 0 spiro atoms. The first-order valence-corrected chi connectivity index (χ1v) is 25.8. The fourth-order valence-corrected chi connectivity index (χ4v) is 8.94. The van der Waals surface area contributed by atoms with Crippen molar-refractivity contribution in [1.82, 2.24) is 47.5 Å². The summed E-state index contributed by atoms with van der Waals surface area (Å²) in [5.41, 5.74) is 14.7. The van der Waals surface area contributed by atoms with Gasteiger partial charge in [-0.25, -0.2) is 0 Å². The lowest BCUT2D eigenvalue weighted by Gasteiger charge is -2.29. The molecule has 4 aromatic carbocycles. The maximum Gasteiger partial charge on any atom is 0.245 e. The molecule has 1 aliphatic heterocycles. The molecular weight excluding hydrogens is 987 g/mol. The van der Waals surface area contributed by atoms with Gasteiger partial charge in [0.05, 0.1) is 12.5 Å². The molecule has 2 heterocycles. The molecule has 408 valence electrons. The number of fused-ring (bicyclic) bond motifs is 1. The minimum absolute atomic E-state index is 0.0138. The Labute approximate surface area is 446 Å². The van der Waals surface area contributed by atoms with Crippen LogP contribution in [-0.2, 0) is 68.8 Å². The minimum Gasteiger partial charge on any atom is -0.391 e. The number of aliphatic hydroxyl groups is 1. The van der Waals surface area contributed by atoms with Crippen LogP contribution in [-0.4, -0.2) is 125 Å². The maximum absolute atomic E-state index is 14.9. The van der Waals surface area contributed by atoms with Crippen molar-refractivity contribution in [1.29, 1.82) is 0 Å². The first-order chi connectivity index (χ1) is 37.1. The number of primary amides is 1. The summed E-state index contributed by atoms with van der Waals surface area (Å²) in [6.45, 7) is 1.46. The number of carbonyl (C=O) groups excluding carboxylic acids is 9. The average molecular weight is 1060 g/mol. The molecule has 9 amide bonds. The van der Waals surface area contributed by atoms with Crippen molar-refractivity contribution in [2.24, 2.45) is 11.5 Å². The molecule has 0 saturated carbocycles. The van der Waals surface area contributed by atoms with Crippen molar-refractivity contribution in [2.45, 2.75) is 120 Å². The van der Waals surface area contributed by atoms with Crippen LogP contribution in [0.4, 0.5) is 0 Å². The molecule has 1 fully saturated rings. The fourth-order valence-electron chi connectivity index (χ4n) is 8.94. The number of hydrogen-bond acceptors (Lipinski definition) is 11. The number of hydrogen-bond donors (Lipinski definition) is 12. The molecule has 5 aromatic rings. The quantitative estimate of drug-likeness (QED) is 0.0626. The Kier molecular flexibility index (Phi) is 21.8. The average Bonchev–Trinajstić information content (AvgIpc) is 3.83. The number of aromatic nitrogens is 1. The lowest BCUT2D eigenvalue weighted by molar-refractivity contribution is -0.137. The molecule has 6 rings (SSSR count). The second-order valence-electron chi connectivity index (χ2n) is 19.1. The minimum atomic E-state index is -1.63. The second-order valence-corrected chi connectivity index (χ2v) is 19.1. The summed E-state index contributed by atoms with van der Waals surface area (Å²) in [5, 5.41) is 33.3. The molecule has 8 atom stereocenters. The van der Waals surface area contributed by atoms with Gasteiger partial charge < -0.3 is 64.1 Å². The van der Waals surface area contributed by atoms with E-state index in [9.17, 15) is 48.3 Å². The van der Waals surface area contributed by atoms with Crippen molar-refractivity contribution in [2.75, 3.05) is 13.1 Å². The van der Waals surface area contributed by atoms with E-state index in [-0.39, 0.29) is 58.0 Å². The Morgan fingerprint density at radius 1 is 0.545 bits per heavy atom. The van der Waals surface area contributed by atoms with Gasteiger partial charge >= 0.3 is 0 Å². The lowest BCUT2D eigenvalue weighted by atomic mass is 10.00. The highest BCUT2D eigenvalue weighted by Gasteiger charge is 2.36. The number of aromatic amines is 1. The summed E-state index contributed by atoms with van der Waals surface area (Å²) in [6.07, 6.45) is -0.182. The molecule has 1 aromatic heterocycles. The van der Waals surface area contributed by atoms with Crippen LogP contribution < -0.4 is 54.0 Å². The zero-order valence-electron chi connectivity index (χ0n) is 42.9. The first-order valence-electron chi connectivity index (χ1n) is 25.8. The third-order valence-electron chi connectivity index (χ3n) is 13.1. The predicted molar refractivity (Wildman–Crippen MR) is 287 cm³/mol. The number of rotatable bonds is 15. The van der Waals surface area contributed by atoms with Gasteiger partial charge in [-0.3, -0.25) is 43.2 Å². The monoisotopic (exact) mass is 1060 g/mol. The summed E-state index contributed by atoms with van der Waals surface area (Å²) in [4.78, 5) is 130. The normalized spacial score (nSPS) is 22.5. The molecule has 21 heteroatoms. The Bertz CT molecular complexity index is 2810.